The minimum absolute atomic E-state index is 0.260. The summed E-state index contributed by atoms with van der Waals surface area (Å²) in [6.45, 7) is 5.35. The maximum atomic E-state index is 12.0. The van der Waals surface area contributed by atoms with Gasteiger partial charge in [0.1, 0.15) is 10.6 Å². The van der Waals surface area contributed by atoms with Crippen molar-refractivity contribution in [1.82, 2.24) is 4.98 Å². The number of esters is 2. The summed E-state index contributed by atoms with van der Waals surface area (Å²) in [5.74, 6) is -1.02. The van der Waals surface area contributed by atoms with Gasteiger partial charge in [0.05, 0.1) is 24.5 Å². The number of ether oxygens (including phenoxy) is 3. The first kappa shape index (κ1) is 20.4. The number of carbonyl (C=O) groups is 3. The number of aromatic nitrogens is 1. The van der Waals surface area contributed by atoms with Gasteiger partial charge in [-0.3, -0.25) is 10.1 Å². The summed E-state index contributed by atoms with van der Waals surface area (Å²) in [5, 5.41) is 2.85. The standard InChI is InChI=1S/C18H20N2O6S/c1-4-24-16(22)12-7-6-8-13(9-12)26-10-14(21)20-18-19-11(3)15(27-18)17(23)25-5-2/h6-9H,4-5,10H2,1-3H3,(H,19,20,21). The number of anilines is 1. The monoisotopic (exact) mass is 392 g/mol. The number of thiazole rings is 1. The average Bonchev–Trinajstić information content (AvgIpc) is 3.01. The maximum absolute atomic E-state index is 12.0. The van der Waals surface area contributed by atoms with Crippen LogP contribution in [0, 0.1) is 6.92 Å². The molecule has 0 unspecified atom stereocenters. The van der Waals surface area contributed by atoms with Crippen LogP contribution in [0.15, 0.2) is 24.3 Å². The molecule has 0 bridgehead atoms. The van der Waals surface area contributed by atoms with Crippen LogP contribution < -0.4 is 10.1 Å². The zero-order chi connectivity index (χ0) is 19.8. The molecule has 0 fully saturated rings. The van der Waals surface area contributed by atoms with Gasteiger partial charge in [0.15, 0.2) is 11.7 Å². The molecule has 0 atom stereocenters. The summed E-state index contributed by atoms with van der Waals surface area (Å²) in [6, 6.07) is 6.36. The second-order valence-electron chi connectivity index (χ2n) is 5.24. The molecule has 1 amide bonds. The smallest absolute Gasteiger partial charge is 0.350 e. The Kier molecular flexibility index (Phi) is 7.30. The number of rotatable bonds is 8. The van der Waals surface area contributed by atoms with Crippen LogP contribution in [0.2, 0.25) is 0 Å². The van der Waals surface area contributed by atoms with E-state index in [1.54, 1.807) is 39.0 Å². The summed E-state index contributed by atoms with van der Waals surface area (Å²) in [6.07, 6.45) is 0. The largest absolute Gasteiger partial charge is 0.484 e. The molecule has 8 nitrogen and oxygen atoms in total. The molecule has 1 aromatic carbocycles. The quantitative estimate of drug-likeness (QED) is 0.689. The number of aryl methyl sites for hydroxylation is 1. The van der Waals surface area contributed by atoms with Gasteiger partial charge in [0, 0.05) is 0 Å². The van der Waals surface area contributed by atoms with Crippen LogP contribution in [0.1, 0.15) is 39.6 Å². The van der Waals surface area contributed by atoms with E-state index in [9.17, 15) is 14.4 Å². The van der Waals surface area contributed by atoms with Crippen molar-refractivity contribution in [3.05, 3.63) is 40.4 Å². The summed E-state index contributed by atoms with van der Waals surface area (Å²) >= 11 is 1.04. The van der Waals surface area contributed by atoms with Gasteiger partial charge in [0.25, 0.3) is 5.91 Å². The lowest BCUT2D eigenvalue weighted by atomic mass is 10.2. The van der Waals surface area contributed by atoms with Crippen molar-refractivity contribution in [2.75, 3.05) is 25.1 Å². The van der Waals surface area contributed by atoms with Gasteiger partial charge in [0.2, 0.25) is 0 Å². The van der Waals surface area contributed by atoms with Crippen molar-refractivity contribution in [2.45, 2.75) is 20.8 Å². The Hall–Kier alpha value is -2.94. The second-order valence-corrected chi connectivity index (χ2v) is 6.24. The van der Waals surface area contributed by atoms with E-state index in [2.05, 4.69) is 10.3 Å². The number of amides is 1. The first-order valence-electron chi connectivity index (χ1n) is 8.29. The van der Waals surface area contributed by atoms with Crippen LogP contribution >= 0.6 is 11.3 Å². The predicted molar refractivity (Wildman–Crippen MR) is 99.3 cm³/mol. The van der Waals surface area contributed by atoms with Gasteiger partial charge >= 0.3 is 11.9 Å². The van der Waals surface area contributed by atoms with E-state index < -0.39 is 17.8 Å². The van der Waals surface area contributed by atoms with Crippen LogP contribution in [0.4, 0.5) is 5.13 Å². The van der Waals surface area contributed by atoms with Crippen molar-refractivity contribution in [3.63, 3.8) is 0 Å². The molecular formula is C18H20N2O6S. The molecule has 2 rings (SSSR count). The predicted octanol–water partition coefficient (Wildman–Crippen LogP) is 2.82. The van der Waals surface area contributed by atoms with Crippen LogP contribution in [-0.2, 0) is 14.3 Å². The van der Waals surface area contributed by atoms with Crippen LogP contribution in [0.5, 0.6) is 5.75 Å². The third-order valence-electron chi connectivity index (χ3n) is 3.22. The van der Waals surface area contributed by atoms with Gasteiger partial charge in [-0.25, -0.2) is 14.6 Å². The normalized spacial score (nSPS) is 10.2. The van der Waals surface area contributed by atoms with Crippen LogP contribution in [0.3, 0.4) is 0 Å². The number of nitrogens with one attached hydrogen (secondary N) is 1. The van der Waals surface area contributed by atoms with Gasteiger partial charge in [-0.15, -0.1) is 0 Å². The Morgan fingerprint density at radius 1 is 1.11 bits per heavy atom. The zero-order valence-corrected chi connectivity index (χ0v) is 16.1. The molecule has 0 aliphatic carbocycles. The lowest BCUT2D eigenvalue weighted by Crippen LogP contribution is -2.20. The molecule has 9 heteroatoms. The Bertz CT molecular complexity index is 833. The van der Waals surface area contributed by atoms with E-state index in [1.807, 2.05) is 0 Å². The summed E-state index contributed by atoms with van der Waals surface area (Å²) in [7, 11) is 0. The number of hydrogen-bond donors (Lipinski definition) is 1. The molecule has 0 radical (unpaired) electrons. The molecule has 144 valence electrons. The SMILES string of the molecule is CCOC(=O)c1cccc(OCC(=O)Nc2nc(C)c(C(=O)OCC)s2)c1. The molecular weight excluding hydrogens is 372 g/mol. The van der Waals surface area contributed by atoms with E-state index in [0.717, 1.165) is 11.3 Å². The Labute approximate surface area is 160 Å². The van der Waals surface area contributed by atoms with E-state index in [1.165, 1.54) is 6.07 Å². The number of hydrogen-bond acceptors (Lipinski definition) is 8. The van der Waals surface area contributed by atoms with Gasteiger partial charge in [-0.05, 0) is 39.0 Å². The van der Waals surface area contributed by atoms with Crippen molar-refractivity contribution in [1.29, 1.82) is 0 Å². The average molecular weight is 392 g/mol. The molecule has 0 aliphatic rings. The fourth-order valence-corrected chi connectivity index (χ4v) is 2.94. The van der Waals surface area contributed by atoms with Crippen molar-refractivity contribution >= 4 is 34.3 Å². The molecule has 27 heavy (non-hydrogen) atoms. The lowest BCUT2D eigenvalue weighted by Gasteiger charge is -2.07. The third-order valence-corrected chi connectivity index (χ3v) is 4.27. The van der Waals surface area contributed by atoms with Gasteiger partial charge in [-0.2, -0.15) is 0 Å². The van der Waals surface area contributed by atoms with Crippen molar-refractivity contribution in [2.24, 2.45) is 0 Å². The number of benzene rings is 1. The summed E-state index contributed by atoms with van der Waals surface area (Å²) in [4.78, 5) is 40.0. The Balaban J connectivity index is 1.93. The van der Waals surface area contributed by atoms with Crippen molar-refractivity contribution < 1.29 is 28.6 Å². The van der Waals surface area contributed by atoms with Gasteiger partial charge < -0.3 is 14.2 Å². The molecule has 1 heterocycles. The first-order valence-corrected chi connectivity index (χ1v) is 9.10. The second kappa shape index (κ2) is 9.67. The van der Waals surface area contributed by atoms with Crippen LogP contribution in [-0.4, -0.2) is 42.7 Å². The van der Waals surface area contributed by atoms with E-state index in [4.69, 9.17) is 14.2 Å². The minimum Gasteiger partial charge on any atom is -0.484 e. The fraction of sp³-hybridized carbons (Fsp3) is 0.333. The maximum Gasteiger partial charge on any atom is 0.350 e. The fourth-order valence-electron chi connectivity index (χ4n) is 2.07. The van der Waals surface area contributed by atoms with E-state index in [0.29, 0.717) is 21.9 Å². The Morgan fingerprint density at radius 2 is 1.81 bits per heavy atom. The molecule has 0 saturated heterocycles. The van der Waals surface area contributed by atoms with Crippen LogP contribution in [0.25, 0.3) is 0 Å². The lowest BCUT2D eigenvalue weighted by molar-refractivity contribution is -0.118. The molecule has 0 spiro atoms. The van der Waals surface area contributed by atoms with Crippen molar-refractivity contribution in [3.8, 4) is 5.75 Å². The number of carbonyl (C=O) groups excluding carboxylic acids is 3. The van der Waals surface area contributed by atoms with Gasteiger partial charge in [-0.1, -0.05) is 17.4 Å². The molecule has 0 saturated carbocycles. The highest BCUT2D eigenvalue weighted by Crippen LogP contribution is 2.23. The summed E-state index contributed by atoms with van der Waals surface area (Å²) in [5.41, 5.74) is 0.821. The molecule has 1 N–H and O–H groups in total. The Morgan fingerprint density at radius 3 is 2.52 bits per heavy atom. The highest BCUT2D eigenvalue weighted by atomic mass is 32.1. The zero-order valence-electron chi connectivity index (χ0n) is 15.2. The molecule has 0 aliphatic heterocycles. The first-order chi connectivity index (χ1) is 12.9. The highest BCUT2D eigenvalue weighted by molar-refractivity contribution is 7.17. The number of nitrogens with zero attached hydrogens (tertiary/aromatic N) is 1. The third kappa shape index (κ3) is 5.78. The minimum atomic E-state index is -0.472. The molecule has 1 aromatic heterocycles. The topological polar surface area (TPSA) is 104 Å². The van der Waals surface area contributed by atoms with E-state index >= 15 is 0 Å². The van der Waals surface area contributed by atoms with E-state index in [-0.39, 0.29) is 25.0 Å². The highest BCUT2D eigenvalue weighted by Gasteiger charge is 2.17. The summed E-state index contributed by atoms with van der Waals surface area (Å²) < 4.78 is 15.3. The molecule has 2 aromatic rings.